The van der Waals surface area contributed by atoms with Gasteiger partial charge in [0, 0.05) is 24.4 Å². The van der Waals surface area contributed by atoms with E-state index in [0.717, 1.165) is 6.42 Å². The zero-order chi connectivity index (χ0) is 27.1. The molecule has 0 bridgehead atoms. The van der Waals surface area contributed by atoms with Crippen LogP contribution in [0.1, 0.15) is 27.1 Å². The minimum atomic E-state index is -0.663. The molecule has 1 aliphatic heterocycles. The topological polar surface area (TPSA) is 136 Å². The fraction of sp³-hybridized carbons (Fsp3) is 0.185. The number of methoxy groups -OCH3 is 2. The van der Waals surface area contributed by atoms with Crippen molar-refractivity contribution in [1.82, 2.24) is 24.1 Å². The highest BCUT2D eigenvalue weighted by Crippen LogP contribution is 2.33. The minimum Gasteiger partial charge on any atom is -0.490 e. The molecule has 0 atom stereocenters. The first kappa shape index (κ1) is 24.1. The quantitative estimate of drug-likeness (QED) is 0.321. The molecule has 0 N–H and O–H groups in total. The second kappa shape index (κ2) is 9.56. The number of esters is 2. The Bertz CT molecular complexity index is 1810. The van der Waals surface area contributed by atoms with Gasteiger partial charge in [0.1, 0.15) is 0 Å². The molecule has 12 nitrogen and oxygen atoms in total. The van der Waals surface area contributed by atoms with Gasteiger partial charge in [0.2, 0.25) is 0 Å². The molecule has 1 aliphatic rings. The monoisotopic (exact) mass is 527 g/mol. The Morgan fingerprint density at radius 2 is 1.64 bits per heavy atom. The van der Waals surface area contributed by atoms with Crippen molar-refractivity contribution in [3.05, 3.63) is 76.3 Å². The summed E-state index contributed by atoms with van der Waals surface area (Å²) in [7, 11) is 2.45. The van der Waals surface area contributed by atoms with Crippen molar-refractivity contribution in [1.29, 1.82) is 0 Å². The van der Waals surface area contributed by atoms with E-state index < -0.39 is 17.5 Å². The molecule has 5 aromatic rings. The molecule has 0 unspecified atom stereocenters. The molecule has 39 heavy (non-hydrogen) atoms. The van der Waals surface area contributed by atoms with Crippen LogP contribution >= 0.6 is 0 Å². The fourth-order valence-corrected chi connectivity index (χ4v) is 4.37. The number of aromatic nitrogens is 5. The predicted octanol–water partition coefficient (Wildman–Crippen LogP) is 2.83. The number of ether oxygens (including phenoxy) is 4. The number of hydrogen-bond donors (Lipinski definition) is 0. The molecule has 0 radical (unpaired) electrons. The highest BCUT2D eigenvalue weighted by Gasteiger charge is 2.18. The summed E-state index contributed by atoms with van der Waals surface area (Å²) < 4.78 is 23.9. The number of hydrogen-bond acceptors (Lipinski definition) is 10. The van der Waals surface area contributed by atoms with Crippen molar-refractivity contribution in [2.45, 2.75) is 6.42 Å². The lowest BCUT2D eigenvalue weighted by Crippen LogP contribution is -2.20. The van der Waals surface area contributed by atoms with E-state index in [4.69, 9.17) is 18.9 Å². The minimum absolute atomic E-state index is 0.0898. The summed E-state index contributed by atoms with van der Waals surface area (Å²) >= 11 is 0. The Labute approximate surface area is 220 Å². The SMILES string of the molecule is COC(=O)c1cc(C(=O)OC)cc(-n2ccc3c(cnc4nc(-c5ccc6c(c5)OCCCO6)nn43)c2=O)c1. The third-order valence-electron chi connectivity index (χ3n) is 6.28. The van der Waals surface area contributed by atoms with E-state index in [-0.39, 0.29) is 22.2 Å². The fourth-order valence-electron chi connectivity index (χ4n) is 4.37. The van der Waals surface area contributed by atoms with Gasteiger partial charge in [-0.15, -0.1) is 5.10 Å². The third-order valence-corrected chi connectivity index (χ3v) is 6.28. The zero-order valence-corrected chi connectivity index (χ0v) is 20.9. The maximum absolute atomic E-state index is 13.5. The summed E-state index contributed by atoms with van der Waals surface area (Å²) in [6.07, 6.45) is 3.73. The Balaban J connectivity index is 1.46. The van der Waals surface area contributed by atoms with E-state index in [1.807, 2.05) is 18.2 Å². The van der Waals surface area contributed by atoms with Gasteiger partial charge in [-0.1, -0.05) is 0 Å². The molecule has 12 heteroatoms. The maximum atomic E-state index is 13.5. The highest BCUT2D eigenvalue weighted by atomic mass is 16.5. The van der Waals surface area contributed by atoms with E-state index in [1.165, 1.54) is 53.9 Å². The molecule has 0 amide bonds. The smallest absolute Gasteiger partial charge is 0.337 e. The molecule has 0 spiro atoms. The second-order valence-electron chi connectivity index (χ2n) is 8.66. The van der Waals surface area contributed by atoms with E-state index in [0.29, 0.717) is 47.4 Å². The van der Waals surface area contributed by atoms with E-state index in [9.17, 15) is 14.4 Å². The number of rotatable bonds is 4. The summed E-state index contributed by atoms with van der Waals surface area (Å²) in [5, 5.41) is 4.85. The van der Waals surface area contributed by atoms with Crippen molar-refractivity contribution >= 4 is 28.6 Å². The van der Waals surface area contributed by atoms with Crippen LogP contribution in [0.25, 0.3) is 33.8 Å². The number of carbonyl (C=O) groups excluding carboxylic acids is 2. The van der Waals surface area contributed by atoms with Gasteiger partial charge in [0.15, 0.2) is 17.3 Å². The van der Waals surface area contributed by atoms with Crippen LogP contribution in [-0.2, 0) is 9.47 Å². The second-order valence-corrected chi connectivity index (χ2v) is 8.66. The van der Waals surface area contributed by atoms with Gasteiger partial charge in [-0.25, -0.2) is 14.6 Å². The normalized spacial score (nSPS) is 12.8. The molecule has 0 saturated carbocycles. The summed E-state index contributed by atoms with van der Waals surface area (Å²) in [4.78, 5) is 46.8. The van der Waals surface area contributed by atoms with Crippen molar-refractivity contribution in [2.75, 3.05) is 27.4 Å². The Kier molecular flexibility index (Phi) is 5.91. The van der Waals surface area contributed by atoms with Gasteiger partial charge < -0.3 is 18.9 Å². The molecule has 4 heterocycles. The van der Waals surface area contributed by atoms with Crippen molar-refractivity contribution in [3.63, 3.8) is 0 Å². The first-order valence-corrected chi connectivity index (χ1v) is 12.0. The van der Waals surface area contributed by atoms with Crippen molar-refractivity contribution < 1.29 is 28.5 Å². The van der Waals surface area contributed by atoms with Gasteiger partial charge in [-0.2, -0.15) is 9.50 Å². The zero-order valence-electron chi connectivity index (χ0n) is 20.9. The van der Waals surface area contributed by atoms with E-state index >= 15 is 0 Å². The third kappa shape index (κ3) is 4.21. The molecule has 3 aromatic heterocycles. The lowest BCUT2D eigenvalue weighted by molar-refractivity contribution is 0.0599. The van der Waals surface area contributed by atoms with Gasteiger partial charge in [-0.05, 0) is 42.5 Å². The Morgan fingerprint density at radius 1 is 0.923 bits per heavy atom. The van der Waals surface area contributed by atoms with Crippen LogP contribution in [0.2, 0.25) is 0 Å². The van der Waals surface area contributed by atoms with Crippen LogP contribution in [-0.4, -0.2) is 63.5 Å². The van der Waals surface area contributed by atoms with Crippen LogP contribution in [0, 0.1) is 0 Å². The summed E-state index contributed by atoms with van der Waals surface area (Å²) in [5.41, 5.74) is 1.20. The molecule has 6 rings (SSSR count). The predicted molar refractivity (Wildman–Crippen MR) is 138 cm³/mol. The Morgan fingerprint density at radius 3 is 2.36 bits per heavy atom. The first-order valence-electron chi connectivity index (χ1n) is 12.0. The summed E-state index contributed by atoms with van der Waals surface area (Å²) in [6.45, 7) is 1.14. The molecular weight excluding hydrogens is 506 g/mol. The number of benzene rings is 2. The molecular formula is C27H21N5O7. The van der Waals surface area contributed by atoms with Crippen LogP contribution in [0.3, 0.4) is 0 Å². The summed E-state index contributed by atoms with van der Waals surface area (Å²) in [6, 6.07) is 11.4. The average Bonchev–Trinajstić information content (AvgIpc) is 3.27. The van der Waals surface area contributed by atoms with Gasteiger partial charge in [-0.3, -0.25) is 9.36 Å². The number of fused-ring (bicyclic) bond motifs is 4. The van der Waals surface area contributed by atoms with Crippen LogP contribution in [0.4, 0.5) is 0 Å². The molecule has 0 fully saturated rings. The van der Waals surface area contributed by atoms with Crippen molar-refractivity contribution in [2.24, 2.45) is 0 Å². The Hall–Kier alpha value is -5.26. The molecule has 2 aromatic carbocycles. The standard InChI is InChI=1S/C27H21N5O7/c1-36-25(34)16-10-17(26(35)37-2)12-18(11-16)31-7-6-20-19(24(31)33)14-28-27-29-23(30-32(20)27)15-4-5-21-22(13-15)39-9-3-8-38-21/h4-7,10-14H,3,8-9H2,1-2H3. The molecule has 0 saturated heterocycles. The average molecular weight is 527 g/mol. The van der Waals surface area contributed by atoms with E-state index in [1.54, 1.807) is 6.07 Å². The number of pyridine rings is 1. The number of nitrogens with zero attached hydrogens (tertiary/aromatic N) is 5. The van der Waals surface area contributed by atoms with E-state index in [2.05, 4.69) is 15.1 Å². The van der Waals surface area contributed by atoms with Crippen LogP contribution < -0.4 is 15.0 Å². The lowest BCUT2D eigenvalue weighted by Gasteiger charge is -2.11. The van der Waals surface area contributed by atoms with Gasteiger partial charge in [0.05, 0.1) is 55.2 Å². The molecule has 196 valence electrons. The first-order chi connectivity index (χ1) is 19.0. The van der Waals surface area contributed by atoms with Crippen LogP contribution in [0.15, 0.2) is 59.7 Å². The number of carbonyl (C=O) groups is 2. The largest absolute Gasteiger partial charge is 0.490 e. The summed E-state index contributed by atoms with van der Waals surface area (Å²) in [5.74, 6) is 0.667. The van der Waals surface area contributed by atoms with Gasteiger partial charge >= 0.3 is 11.9 Å². The maximum Gasteiger partial charge on any atom is 0.337 e. The van der Waals surface area contributed by atoms with Gasteiger partial charge in [0.25, 0.3) is 11.3 Å². The van der Waals surface area contributed by atoms with Crippen molar-refractivity contribution in [3.8, 4) is 28.6 Å². The molecule has 0 aliphatic carbocycles. The lowest BCUT2D eigenvalue weighted by atomic mass is 10.1. The van der Waals surface area contributed by atoms with Crippen LogP contribution in [0.5, 0.6) is 11.5 Å². The highest BCUT2D eigenvalue weighted by molar-refractivity contribution is 5.96.